The van der Waals surface area contributed by atoms with E-state index >= 15 is 0 Å². The number of piperazine rings is 1. The maximum Gasteiger partial charge on any atom is 0.260 e. The Kier molecular flexibility index (Phi) is 7.39. The molecule has 1 aliphatic heterocycles. The number of benzene rings is 2. The number of halogens is 1. The van der Waals surface area contributed by atoms with Gasteiger partial charge in [0, 0.05) is 72.9 Å². The fraction of sp³-hybridized carbons (Fsp3) is 0.296. The smallest absolute Gasteiger partial charge is 0.260 e. The molecule has 37 heavy (non-hydrogen) atoms. The summed E-state index contributed by atoms with van der Waals surface area (Å²) < 4.78 is 13.4. The molecule has 1 fully saturated rings. The monoisotopic (exact) mass is 536 g/mol. The van der Waals surface area contributed by atoms with Crippen LogP contribution in [0.15, 0.2) is 64.4 Å². The first-order valence-electron chi connectivity index (χ1n) is 12.2. The summed E-state index contributed by atoms with van der Waals surface area (Å²) in [6.07, 6.45) is 3.30. The molecule has 1 unspecified atom stereocenters. The number of aromatic nitrogens is 3. The molecule has 0 saturated carbocycles. The number of likely N-dealkylation sites (N-methyl/N-ethyl adjacent to an activating group) is 1. The maximum absolute atomic E-state index is 13.4. The predicted octanol–water partition coefficient (Wildman–Crippen LogP) is 4.36. The second-order valence-corrected chi connectivity index (χ2v) is 10.9. The minimum absolute atomic E-state index is 0.191. The number of rotatable bonds is 6. The van der Waals surface area contributed by atoms with Crippen molar-refractivity contribution in [2.45, 2.75) is 18.4 Å². The number of nitrogens with zero attached hydrogens (tertiary/aromatic N) is 5. The molecule has 3 heterocycles. The summed E-state index contributed by atoms with van der Waals surface area (Å²) in [4.78, 5) is 27.9. The number of hydrogen-bond donors (Lipinski definition) is 1. The van der Waals surface area contributed by atoms with E-state index in [1.165, 1.54) is 5.69 Å². The Bertz CT molecular complexity index is 1480. The molecule has 2 aromatic heterocycles. The van der Waals surface area contributed by atoms with Crippen LogP contribution in [-0.2, 0) is 17.7 Å². The van der Waals surface area contributed by atoms with Crippen molar-refractivity contribution in [1.82, 2.24) is 19.4 Å². The fourth-order valence-corrected chi connectivity index (χ4v) is 5.44. The molecule has 10 heteroatoms. The fourth-order valence-electron chi connectivity index (χ4n) is 4.55. The van der Waals surface area contributed by atoms with E-state index < -0.39 is 11.2 Å². The van der Waals surface area contributed by atoms with Crippen molar-refractivity contribution in [3.8, 4) is 11.1 Å². The topological polar surface area (TPSA) is 89.3 Å². The molecular formula is C27H29ClN6O2S. The lowest BCUT2D eigenvalue weighted by atomic mass is 10.1. The standard InChI is InChI=1S/C27H29ClN6O2S/c1-4-34-25-18(15-23(26(34)35)22-10-9-21(37(3)36)16-24(22)28)17-29-27(31-25)30-19-5-7-20(8-6-19)33-13-11-32(2)12-14-33/h5-10,15-17H,4,11-14H2,1-3H3,(H,29,30,31). The van der Waals surface area contributed by atoms with Crippen LogP contribution < -0.4 is 15.8 Å². The number of fused-ring (bicyclic) bond motifs is 1. The molecule has 0 bridgehead atoms. The zero-order valence-corrected chi connectivity index (χ0v) is 22.6. The van der Waals surface area contributed by atoms with E-state index in [0.717, 1.165) is 37.3 Å². The second kappa shape index (κ2) is 10.7. The summed E-state index contributed by atoms with van der Waals surface area (Å²) in [5.41, 5.74) is 3.47. The number of aryl methyl sites for hydroxylation is 1. The molecule has 2 aromatic carbocycles. The predicted molar refractivity (Wildman–Crippen MR) is 152 cm³/mol. The number of nitrogens with one attached hydrogen (secondary N) is 1. The van der Waals surface area contributed by atoms with Crippen LogP contribution in [0.1, 0.15) is 6.92 Å². The Hall–Kier alpha value is -3.11. The summed E-state index contributed by atoms with van der Waals surface area (Å²) in [6.45, 7) is 6.49. The van der Waals surface area contributed by atoms with Crippen LogP contribution in [0.25, 0.3) is 22.2 Å². The van der Waals surface area contributed by atoms with Crippen LogP contribution in [0.2, 0.25) is 5.02 Å². The highest BCUT2D eigenvalue weighted by Crippen LogP contribution is 2.30. The molecule has 4 aromatic rings. The van der Waals surface area contributed by atoms with Crippen LogP contribution in [-0.4, -0.2) is 63.5 Å². The van der Waals surface area contributed by atoms with Crippen molar-refractivity contribution < 1.29 is 4.55 Å². The molecule has 0 radical (unpaired) electrons. The molecule has 1 atom stereocenters. The van der Waals surface area contributed by atoms with Crippen LogP contribution in [0.5, 0.6) is 0 Å². The Morgan fingerprint density at radius 3 is 2.43 bits per heavy atom. The van der Waals surface area contributed by atoms with Gasteiger partial charge in [0.25, 0.3) is 5.56 Å². The minimum Gasteiger partial charge on any atom is -0.612 e. The van der Waals surface area contributed by atoms with Gasteiger partial charge in [-0.25, -0.2) is 4.98 Å². The highest BCUT2D eigenvalue weighted by molar-refractivity contribution is 7.90. The van der Waals surface area contributed by atoms with E-state index in [4.69, 9.17) is 11.6 Å². The van der Waals surface area contributed by atoms with Crippen molar-refractivity contribution in [2.75, 3.05) is 49.7 Å². The Morgan fingerprint density at radius 2 is 1.78 bits per heavy atom. The highest BCUT2D eigenvalue weighted by atomic mass is 35.5. The quantitative estimate of drug-likeness (QED) is 0.366. The lowest BCUT2D eigenvalue weighted by molar-refractivity contribution is 0.313. The van der Waals surface area contributed by atoms with Gasteiger partial charge in [0.2, 0.25) is 5.95 Å². The molecule has 8 nitrogen and oxygen atoms in total. The number of pyridine rings is 1. The van der Waals surface area contributed by atoms with E-state index in [0.29, 0.717) is 39.2 Å². The Labute approximate surface area is 224 Å². The van der Waals surface area contributed by atoms with Gasteiger partial charge < -0.3 is 19.7 Å². The third kappa shape index (κ3) is 5.31. The third-order valence-electron chi connectivity index (χ3n) is 6.70. The van der Waals surface area contributed by atoms with E-state index in [9.17, 15) is 9.35 Å². The first kappa shape index (κ1) is 25.5. The van der Waals surface area contributed by atoms with Gasteiger partial charge in [-0.15, -0.1) is 0 Å². The third-order valence-corrected chi connectivity index (χ3v) is 7.93. The van der Waals surface area contributed by atoms with Gasteiger partial charge in [0.05, 0.1) is 5.02 Å². The summed E-state index contributed by atoms with van der Waals surface area (Å²) in [6, 6.07) is 15.1. The van der Waals surface area contributed by atoms with Crippen LogP contribution in [0, 0.1) is 0 Å². The molecule has 1 saturated heterocycles. The molecule has 0 amide bonds. The van der Waals surface area contributed by atoms with Gasteiger partial charge in [-0.3, -0.25) is 9.36 Å². The van der Waals surface area contributed by atoms with Crippen LogP contribution >= 0.6 is 11.6 Å². The van der Waals surface area contributed by atoms with E-state index in [2.05, 4.69) is 44.3 Å². The average Bonchev–Trinajstić information content (AvgIpc) is 2.89. The van der Waals surface area contributed by atoms with E-state index in [-0.39, 0.29) is 5.56 Å². The SMILES string of the molecule is CCn1c(=O)c(-c2ccc([S+](C)[O-])cc2Cl)cc2cnc(Nc3ccc(N4CCN(C)CC4)cc3)nc21. The Balaban J connectivity index is 1.43. The normalized spacial score (nSPS) is 15.2. The molecule has 192 valence electrons. The zero-order valence-electron chi connectivity index (χ0n) is 21.1. The van der Waals surface area contributed by atoms with Crippen LogP contribution in [0.3, 0.4) is 0 Å². The maximum atomic E-state index is 13.4. The zero-order chi connectivity index (χ0) is 26.1. The lowest BCUT2D eigenvalue weighted by Gasteiger charge is -2.34. The molecule has 0 spiro atoms. The molecular weight excluding hydrogens is 508 g/mol. The van der Waals surface area contributed by atoms with Gasteiger partial charge in [-0.2, -0.15) is 4.98 Å². The number of hydrogen-bond acceptors (Lipinski definition) is 7. The molecule has 1 aliphatic rings. The van der Waals surface area contributed by atoms with Gasteiger partial charge in [0.15, 0.2) is 4.90 Å². The molecule has 1 N–H and O–H groups in total. The van der Waals surface area contributed by atoms with Gasteiger partial charge in [-0.1, -0.05) is 11.6 Å². The molecule has 0 aliphatic carbocycles. The van der Waals surface area contributed by atoms with E-state index in [1.807, 2.05) is 19.1 Å². The summed E-state index contributed by atoms with van der Waals surface area (Å²) in [5.74, 6) is 0.419. The lowest BCUT2D eigenvalue weighted by Crippen LogP contribution is -2.44. The Morgan fingerprint density at radius 1 is 1.05 bits per heavy atom. The summed E-state index contributed by atoms with van der Waals surface area (Å²) >= 11 is 5.32. The van der Waals surface area contributed by atoms with Crippen LogP contribution in [0.4, 0.5) is 17.3 Å². The number of anilines is 3. The molecule has 5 rings (SSSR count). The van der Waals surface area contributed by atoms with Crippen molar-refractivity contribution in [3.63, 3.8) is 0 Å². The van der Waals surface area contributed by atoms with E-state index in [1.54, 1.807) is 41.3 Å². The minimum atomic E-state index is -1.16. The van der Waals surface area contributed by atoms with Crippen molar-refractivity contribution in [1.29, 1.82) is 0 Å². The van der Waals surface area contributed by atoms with Gasteiger partial charge >= 0.3 is 0 Å². The second-order valence-electron chi connectivity index (χ2n) is 9.14. The van der Waals surface area contributed by atoms with Crippen molar-refractivity contribution in [3.05, 3.63) is 70.1 Å². The highest BCUT2D eigenvalue weighted by Gasteiger charge is 2.17. The largest absolute Gasteiger partial charge is 0.612 e. The van der Waals surface area contributed by atoms with Gasteiger partial charge in [-0.05, 0) is 67.6 Å². The van der Waals surface area contributed by atoms with Crippen molar-refractivity contribution >= 4 is 51.1 Å². The summed E-state index contributed by atoms with van der Waals surface area (Å²) in [5, 5.41) is 4.37. The first-order valence-corrected chi connectivity index (χ1v) is 14.1. The van der Waals surface area contributed by atoms with Crippen molar-refractivity contribution in [2.24, 2.45) is 0 Å². The first-order chi connectivity index (χ1) is 17.8. The summed E-state index contributed by atoms with van der Waals surface area (Å²) in [7, 11) is 2.15. The van der Waals surface area contributed by atoms with Gasteiger partial charge in [0.1, 0.15) is 11.9 Å². The average molecular weight is 537 g/mol.